The summed E-state index contributed by atoms with van der Waals surface area (Å²) in [6.45, 7) is 0. The van der Waals surface area contributed by atoms with Crippen molar-refractivity contribution in [3.8, 4) is 33.9 Å². The molecule has 0 amide bonds. The Morgan fingerprint density at radius 1 is 0.389 bits per heavy atom. The predicted molar refractivity (Wildman–Crippen MR) is 146 cm³/mol. The number of pyridine rings is 1. The highest BCUT2D eigenvalue weighted by Gasteiger charge is 2.12. The molecule has 0 unspecified atom stereocenters. The molecule has 7 rings (SSSR count). The first kappa shape index (κ1) is 20.4. The zero-order chi connectivity index (χ0) is 23.9. The number of aromatic nitrogens is 4. The van der Waals surface area contributed by atoms with Crippen LogP contribution in [0.4, 0.5) is 0 Å². The molecule has 0 atom stereocenters. The molecule has 5 aromatic carbocycles. The summed E-state index contributed by atoms with van der Waals surface area (Å²) < 4.78 is 0. The van der Waals surface area contributed by atoms with E-state index in [4.69, 9.17) is 4.98 Å². The van der Waals surface area contributed by atoms with Gasteiger partial charge in [0.25, 0.3) is 0 Å². The maximum absolute atomic E-state index is 4.76. The van der Waals surface area contributed by atoms with Gasteiger partial charge in [0.2, 0.25) is 0 Å². The lowest BCUT2D eigenvalue weighted by Crippen LogP contribution is -1.95. The van der Waals surface area contributed by atoms with Gasteiger partial charge in [0, 0.05) is 23.5 Å². The first-order valence-electron chi connectivity index (χ1n) is 11.9. The normalized spacial score (nSPS) is 11.3. The summed E-state index contributed by atoms with van der Waals surface area (Å²) >= 11 is 0. The van der Waals surface area contributed by atoms with Crippen LogP contribution in [-0.4, -0.2) is 19.9 Å². The summed E-state index contributed by atoms with van der Waals surface area (Å²) in [6, 6.07) is 36.2. The van der Waals surface area contributed by atoms with Gasteiger partial charge < -0.3 is 0 Å². The molecule has 0 aliphatic rings. The standard InChI is InChI=1S/C32H20N4/c1-2-6-21(7-3-1)23-10-12-27-28-13-11-24(19-30(28)26-9-5-4-8-25(26)29(27)18-23)32-35-20-34-31(36-32)22-14-16-33-17-15-22/h1-20H. The van der Waals surface area contributed by atoms with E-state index in [0.717, 1.165) is 11.1 Å². The van der Waals surface area contributed by atoms with Crippen molar-refractivity contribution < 1.29 is 0 Å². The van der Waals surface area contributed by atoms with Crippen LogP contribution in [0, 0.1) is 0 Å². The van der Waals surface area contributed by atoms with Gasteiger partial charge in [0.15, 0.2) is 11.6 Å². The number of fused-ring (bicyclic) bond motifs is 6. The number of benzene rings is 5. The van der Waals surface area contributed by atoms with Crippen LogP contribution >= 0.6 is 0 Å². The molecule has 0 aliphatic carbocycles. The van der Waals surface area contributed by atoms with Crippen molar-refractivity contribution in [3.63, 3.8) is 0 Å². The van der Waals surface area contributed by atoms with Gasteiger partial charge in [-0.15, -0.1) is 0 Å². The Balaban J connectivity index is 1.45. The maximum atomic E-state index is 4.76. The molecule has 0 saturated heterocycles. The van der Waals surface area contributed by atoms with Crippen LogP contribution in [0.2, 0.25) is 0 Å². The van der Waals surface area contributed by atoms with Crippen molar-refractivity contribution >= 4 is 32.3 Å². The molecule has 36 heavy (non-hydrogen) atoms. The highest BCUT2D eigenvalue weighted by molar-refractivity contribution is 6.26. The smallest absolute Gasteiger partial charge is 0.163 e. The fourth-order valence-electron chi connectivity index (χ4n) is 4.98. The van der Waals surface area contributed by atoms with Crippen LogP contribution in [0.1, 0.15) is 0 Å². The first-order chi connectivity index (χ1) is 17.8. The van der Waals surface area contributed by atoms with Gasteiger partial charge in [0.1, 0.15) is 6.33 Å². The summed E-state index contributed by atoms with van der Waals surface area (Å²) in [6.07, 6.45) is 5.07. The van der Waals surface area contributed by atoms with Crippen LogP contribution in [0.25, 0.3) is 66.2 Å². The quantitative estimate of drug-likeness (QED) is 0.253. The van der Waals surface area contributed by atoms with Crippen LogP contribution in [0.15, 0.2) is 122 Å². The second-order valence-electron chi connectivity index (χ2n) is 8.80. The van der Waals surface area contributed by atoms with Gasteiger partial charge in [0.05, 0.1) is 0 Å². The second-order valence-corrected chi connectivity index (χ2v) is 8.80. The van der Waals surface area contributed by atoms with Crippen LogP contribution < -0.4 is 0 Å². The lowest BCUT2D eigenvalue weighted by atomic mass is 9.91. The second kappa shape index (κ2) is 8.36. The van der Waals surface area contributed by atoms with E-state index in [1.54, 1.807) is 18.7 Å². The number of hydrogen-bond acceptors (Lipinski definition) is 4. The van der Waals surface area contributed by atoms with Crippen LogP contribution in [0.5, 0.6) is 0 Å². The lowest BCUT2D eigenvalue weighted by molar-refractivity contribution is 1.06. The summed E-state index contributed by atoms with van der Waals surface area (Å²) in [4.78, 5) is 17.7. The molecular weight excluding hydrogens is 440 g/mol. The lowest BCUT2D eigenvalue weighted by Gasteiger charge is -2.13. The molecule has 2 aromatic heterocycles. The van der Waals surface area contributed by atoms with E-state index in [0.29, 0.717) is 11.6 Å². The van der Waals surface area contributed by atoms with Crippen molar-refractivity contribution in [3.05, 3.63) is 122 Å². The number of nitrogens with zero attached hydrogens (tertiary/aromatic N) is 4. The SMILES string of the molecule is c1ccc(-c2ccc3c4ccc(-c5ncnc(-c6ccncc6)n5)cc4c4ccccc4c3c2)cc1. The molecule has 168 valence electrons. The zero-order valence-corrected chi connectivity index (χ0v) is 19.3. The molecule has 0 saturated carbocycles. The molecule has 0 N–H and O–H groups in total. The van der Waals surface area contributed by atoms with E-state index in [1.807, 2.05) is 12.1 Å². The van der Waals surface area contributed by atoms with Crippen molar-refractivity contribution in [1.29, 1.82) is 0 Å². The zero-order valence-electron chi connectivity index (χ0n) is 19.3. The minimum absolute atomic E-state index is 0.638. The fourth-order valence-corrected chi connectivity index (χ4v) is 4.98. The average molecular weight is 461 g/mol. The van der Waals surface area contributed by atoms with Gasteiger partial charge in [-0.1, -0.05) is 78.9 Å². The Kier molecular flexibility index (Phi) is 4.74. The molecule has 0 radical (unpaired) electrons. The summed E-state index contributed by atoms with van der Waals surface area (Å²) in [7, 11) is 0. The first-order valence-corrected chi connectivity index (χ1v) is 11.9. The third-order valence-electron chi connectivity index (χ3n) is 6.71. The molecule has 4 heteroatoms. The Bertz CT molecular complexity index is 1860. The molecule has 7 aromatic rings. The average Bonchev–Trinajstić information content (AvgIpc) is 2.98. The Labute approximate surface area is 208 Å². The Hall–Kier alpha value is -4.96. The monoisotopic (exact) mass is 460 g/mol. The van der Waals surface area contributed by atoms with Crippen molar-refractivity contribution in [2.24, 2.45) is 0 Å². The van der Waals surface area contributed by atoms with E-state index in [1.165, 1.54) is 43.4 Å². The largest absolute Gasteiger partial charge is 0.265 e. The van der Waals surface area contributed by atoms with Gasteiger partial charge in [-0.25, -0.2) is 15.0 Å². The summed E-state index contributed by atoms with van der Waals surface area (Å²) in [5, 5.41) is 7.36. The number of rotatable bonds is 3. The third kappa shape index (κ3) is 3.39. The molecule has 4 nitrogen and oxygen atoms in total. The van der Waals surface area contributed by atoms with Crippen molar-refractivity contribution in [2.45, 2.75) is 0 Å². The highest BCUT2D eigenvalue weighted by Crippen LogP contribution is 2.38. The minimum atomic E-state index is 0.638. The molecule has 0 fully saturated rings. The maximum Gasteiger partial charge on any atom is 0.163 e. The minimum Gasteiger partial charge on any atom is -0.265 e. The van der Waals surface area contributed by atoms with Gasteiger partial charge in [-0.3, -0.25) is 4.98 Å². The van der Waals surface area contributed by atoms with E-state index < -0.39 is 0 Å². The van der Waals surface area contributed by atoms with Crippen LogP contribution in [-0.2, 0) is 0 Å². The molecule has 0 aliphatic heterocycles. The van der Waals surface area contributed by atoms with E-state index in [9.17, 15) is 0 Å². The summed E-state index contributed by atoms with van der Waals surface area (Å²) in [5.74, 6) is 1.29. The topological polar surface area (TPSA) is 51.6 Å². The third-order valence-corrected chi connectivity index (χ3v) is 6.71. The molecule has 2 heterocycles. The molecular formula is C32H20N4. The van der Waals surface area contributed by atoms with E-state index in [2.05, 4.69) is 106 Å². The van der Waals surface area contributed by atoms with Gasteiger partial charge in [-0.05, 0) is 67.7 Å². The predicted octanol–water partition coefficient (Wildman–Crippen LogP) is 7.73. The van der Waals surface area contributed by atoms with E-state index in [-0.39, 0.29) is 0 Å². The van der Waals surface area contributed by atoms with Crippen molar-refractivity contribution in [2.75, 3.05) is 0 Å². The van der Waals surface area contributed by atoms with Crippen LogP contribution in [0.3, 0.4) is 0 Å². The van der Waals surface area contributed by atoms with Gasteiger partial charge >= 0.3 is 0 Å². The highest BCUT2D eigenvalue weighted by atomic mass is 15.0. The summed E-state index contributed by atoms with van der Waals surface area (Å²) in [5.41, 5.74) is 4.32. The fraction of sp³-hybridized carbons (Fsp3) is 0. The van der Waals surface area contributed by atoms with E-state index >= 15 is 0 Å². The van der Waals surface area contributed by atoms with Crippen molar-refractivity contribution in [1.82, 2.24) is 19.9 Å². The molecule has 0 spiro atoms. The van der Waals surface area contributed by atoms with Gasteiger partial charge in [-0.2, -0.15) is 0 Å². The Morgan fingerprint density at radius 3 is 1.64 bits per heavy atom. The number of hydrogen-bond donors (Lipinski definition) is 0. The molecule has 0 bridgehead atoms. The Morgan fingerprint density at radius 2 is 0.944 bits per heavy atom.